The Kier molecular flexibility index (Phi) is 1.62. The van der Waals surface area contributed by atoms with E-state index in [1.807, 2.05) is 18.2 Å². The summed E-state index contributed by atoms with van der Waals surface area (Å²) < 4.78 is 10.6. The zero-order valence-corrected chi connectivity index (χ0v) is 8.49. The summed E-state index contributed by atoms with van der Waals surface area (Å²) in [5, 5.41) is 11.1. The highest BCUT2D eigenvalue weighted by molar-refractivity contribution is 5.87. The lowest BCUT2D eigenvalue weighted by atomic mass is 10.0. The van der Waals surface area contributed by atoms with E-state index >= 15 is 0 Å². The predicted octanol–water partition coefficient (Wildman–Crippen LogP) is 2.42. The van der Waals surface area contributed by atoms with Gasteiger partial charge in [-0.15, -0.1) is 0 Å². The third kappa shape index (κ3) is 1.16. The van der Waals surface area contributed by atoms with Crippen molar-refractivity contribution in [3.05, 3.63) is 30.0 Å². The Morgan fingerprint density at radius 2 is 2.13 bits per heavy atom. The minimum absolute atomic E-state index is 0.631. The molecule has 3 heteroatoms. The standard InChI is InChI=1S/C12H12O3/c1-14-10-3-2-9(12(13)5-6-12)8-4-7-15-11(8)10/h2-4,7,13H,5-6H2,1H3. The zero-order valence-electron chi connectivity index (χ0n) is 8.49. The molecule has 1 N–H and O–H groups in total. The van der Waals surface area contributed by atoms with Gasteiger partial charge in [0, 0.05) is 5.39 Å². The van der Waals surface area contributed by atoms with Gasteiger partial charge < -0.3 is 14.3 Å². The molecule has 1 aromatic carbocycles. The molecule has 1 aliphatic carbocycles. The first-order chi connectivity index (χ1) is 7.24. The summed E-state index contributed by atoms with van der Waals surface area (Å²) in [6.45, 7) is 0. The zero-order chi connectivity index (χ0) is 10.5. The van der Waals surface area contributed by atoms with Crippen molar-refractivity contribution in [2.24, 2.45) is 0 Å². The number of aliphatic hydroxyl groups is 1. The van der Waals surface area contributed by atoms with Crippen LogP contribution in [0.1, 0.15) is 18.4 Å². The molecule has 0 saturated heterocycles. The van der Waals surface area contributed by atoms with Gasteiger partial charge in [-0.1, -0.05) is 6.07 Å². The van der Waals surface area contributed by atoms with Gasteiger partial charge in [0.2, 0.25) is 0 Å². The lowest BCUT2D eigenvalue weighted by molar-refractivity contribution is 0.153. The van der Waals surface area contributed by atoms with E-state index in [4.69, 9.17) is 9.15 Å². The first-order valence-corrected chi connectivity index (χ1v) is 5.02. The van der Waals surface area contributed by atoms with Crippen LogP contribution in [-0.2, 0) is 5.60 Å². The van der Waals surface area contributed by atoms with E-state index in [1.54, 1.807) is 13.4 Å². The Morgan fingerprint density at radius 1 is 1.33 bits per heavy atom. The van der Waals surface area contributed by atoms with E-state index in [2.05, 4.69) is 0 Å². The third-order valence-corrected chi connectivity index (χ3v) is 3.03. The molecule has 2 aromatic rings. The molecule has 1 aliphatic rings. The molecule has 0 bridgehead atoms. The van der Waals surface area contributed by atoms with Crippen molar-refractivity contribution in [3.8, 4) is 5.75 Å². The quantitative estimate of drug-likeness (QED) is 0.816. The number of hydrogen-bond donors (Lipinski definition) is 1. The number of hydrogen-bond acceptors (Lipinski definition) is 3. The average Bonchev–Trinajstić information content (AvgIpc) is 2.82. The summed E-state index contributed by atoms with van der Waals surface area (Å²) in [7, 11) is 1.61. The summed E-state index contributed by atoms with van der Waals surface area (Å²) in [5.74, 6) is 0.711. The summed E-state index contributed by atoms with van der Waals surface area (Å²) in [6.07, 6.45) is 3.29. The van der Waals surface area contributed by atoms with Gasteiger partial charge in [-0.3, -0.25) is 0 Å². The largest absolute Gasteiger partial charge is 0.493 e. The SMILES string of the molecule is COc1ccc(C2(O)CC2)c2ccoc12. The van der Waals surface area contributed by atoms with Crippen LogP contribution in [-0.4, -0.2) is 12.2 Å². The molecule has 0 aliphatic heterocycles. The van der Waals surface area contributed by atoms with Crippen LogP contribution in [0.4, 0.5) is 0 Å². The topological polar surface area (TPSA) is 42.6 Å². The fourth-order valence-electron chi connectivity index (χ4n) is 1.99. The van der Waals surface area contributed by atoms with Gasteiger partial charge in [0.1, 0.15) is 0 Å². The Morgan fingerprint density at radius 3 is 2.80 bits per heavy atom. The maximum atomic E-state index is 10.1. The Balaban J connectivity index is 2.28. The van der Waals surface area contributed by atoms with Gasteiger partial charge in [0.15, 0.2) is 11.3 Å². The van der Waals surface area contributed by atoms with Crippen molar-refractivity contribution in [1.82, 2.24) is 0 Å². The second kappa shape index (κ2) is 2.76. The smallest absolute Gasteiger partial charge is 0.176 e. The molecule has 3 rings (SSSR count). The van der Waals surface area contributed by atoms with Crippen molar-refractivity contribution < 1.29 is 14.3 Å². The maximum absolute atomic E-state index is 10.1. The highest BCUT2D eigenvalue weighted by Gasteiger charge is 2.43. The molecule has 0 atom stereocenters. The lowest BCUT2D eigenvalue weighted by Gasteiger charge is -2.10. The molecule has 78 valence electrons. The van der Waals surface area contributed by atoms with Gasteiger partial charge in [-0.05, 0) is 30.5 Å². The van der Waals surface area contributed by atoms with Crippen molar-refractivity contribution in [2.45, 2.75) is 18.4 Å². The van der Waals surface area contributed by atoms with Gasteiger partial charge in [0.05, 0.1) is 19.0 Å². The molecule has 3 nitrogen and oxygen atoms in total. The number of ether oxygens (including phenoxy) is 1. The first-order valence-electron chi connectivity index (χ1n) is 5.02. The van der Waals surface area contributed by atoms with Gasteiger partial charge in [-0.2, -0.15) is 0 Å². The molecule has 1 aromatic heterocycles. The molecular weight excluding hydrogens is 192 g/mol. The van der Waals surface area contributed by atoms with E-state index in [-0.39, 0.29) is 0 Å². The number of fused-ring (bicyclic) bond motifs is 1. The summed E-state index contributed by atoms with van der Waals surface area (Å²) in [5.41, 5.74) is 1.04. The van der Waals surface area contributed by atoms with Crippen LogP contribution < -0.4 is 4.74 Å². The highest BCUT2D eigenvalue weighted by atomic mass is 16.5. The fourth-order valence-corrected chi connectivity index (χ4v) is 1.99. The lowest BCUT2D eigenvalue weighted by Crippen LogP contribution is -2.04. The Hall–Kier alpha value is -1.48. The number of rotatable bonds is 2. The first kappa shape index (κ1) is 8.80. The Labute approximate surface area is 87.3 Å². The van der Waals surface area contributed by atoms with Crippen LogP contribution in [0.25, 0.3) is 11.0 Å². The van der Waals surface area contributed by atoms with Gasteiger partial charge in [0.25, 0.3) is 0 Å². The second-order valence-corrected chi connectivity index (χ2v) is 4.01. The normalized spacial score (nSPS) is 18.0. The van der Waals surface area contributed by atoms with Gasteiger partial charge >= 0.3 is 0 Å². The monoisotopic (exact) mass is 204 g/mol. The molecule has 0 spiro atoms. The number of furan rings is 1. The molecule has 0 radical (unpaired) electrons. The van der Waals surface area contributed by atoms with E-state index in [0.717, 1.165) is 29.4 Å². The van der Waals surface area contributed by atoms with Crippen LogP contribution in [0, 0.1) is 0 Å². The fraction of sp³-hybridized carbons (Fsp3) is 0.333. The number of methoxy groups -OCH3 is 1. The molecule has 1 fully saturated rings. The van der Waals surface area contributed by atoms with Crippen LogP contribution in [0.3, 0.4) is 0 Å². The van der Waals surface area contributed by atoms with E-state index in [0.29, 0.717) is 5.75 Å². The van der Waals surface area contributed by atoms with Gasteiger partial charge in [-0.25, -0.2) is 0 Å². The molecule has 15 heavy (non-hydrogen) atoms. The van der Waals surface area contributed by atoms with E-state index in [1.165, 1.54) is 0 Å². The van der Waals surface area contributed by atoms with E-state index in [9.17, 15) is 5.11 Å². The molecular formula is C12H12O3. The average molecular weight is 204 g/mol. The minimum atomic E-state index is -0.631. The van der Waals surface area contributed by atoms with Crippen LogP contribution in [0.15, 0.2) is 28.9 Å². The maximum Gasteiger partial charge on any atom is 0.176 e. The van der Waals surface area contributed by atoms with E-state index < -0.39 is 5.60 Å². The highest BCUT2D eigenvalue weighted by Crippen LogP contribution is 2.48. The van der Waals surface area contributed by atoms with Crippen molar-refractivity contribution in [3.63, 3.8) is 0 Å². The summed E-state index contributed by atoms with van der Waals surface area (Å²) >= 11 is 0. The third-order valence-electron chi connectivity index (χ3n) is 3.03. The Bertz CT molecular complexity index is 509. The van der Waals surface area contributed by atoms with Crippen LogP contribution in [0.2, 0.25) is 0 Å². The van der Waals surface area contributed by atoms with Crippen LogP contribution >= 0.6 is 0 Å². The number of benzene rings is 1. The summed E-state index contributed by atoms with van der Waals surface area (Å²) in [6, 6.07) is 5.64. The summed E-state index contributed by atoms with van der Waals surface area (Å²) in [4.78, 5) is 0. The predicted molar refractivity (Wildman–Crippen MR) is 55.9 cm³/mol. The van der Waals surface area contributed by atoms with Crippen molar-refractivity contribution in [1.29, 1.82) is 0 Å². The second-order valence-electron chi connectivity index (χ2n) is 4.01. The van der Waals surface area contributed by atoms with Crippen LogP contribution in [0.5, 0.6) is 5.75 Å². The molecule has 0 unspecified atom stereocenters. The molecule has 1 heterocycles. The molecule has 0 amide bonds. The minimum Gasteiger partial charge on any atom is -0.493 e. The van der Waals surface area contributed by atoms with Crippen molar-refractivity contribution in [2.75, 3.05) is 7.11 Å². The molecule has 1 saturated carbocycles. The van der Waals surface area contributed by atoms with Crippen molar-refractivity contribution >= 4 is 11.0 Å².